The molecule has 8 nitrogen and oxygen atoms in total. The quantitative estimate of drug-likeness (QED) is 0.403. The Hall–Kier alpha value is -3.00. The first-order valence-electron chi connectivity index (χ1n) is 9.92. The summed E-state index contributed by atoms with van der Waals surface area (Å²) < 4.78 is 80.6. The third-order valence-corrected chi connectivity index (χ3v) is 5.03. The van der Waals surface area contributed by atoms with E-state index in [1.54, 1.807) is 0 Å². The minimum atomic E-state index is -4.69. The van der Waals surface area contributed by atoms with Crippen LogP contribution in [0.2, 0.25) is 0 Å². The molecule has 178 valence electrons. The van der Waals surface area contributed by atoms with Crippen LogP contribution in [0.5, 0.6) is 0 Å². The van der Waals surface area contributed by atoms with E-state index < -0.39 is 42.6 Å². The lowest BCUT2D eigenvalue weighted by Crippen LogP contribution is -2.37. The molecule has 2 aliphatic rings. The van der Waals surface area contributed by atoms with Crippen LogP contribution in [0, 0.1) is 5.92 Å². The summed E-state index contributed by atoms with van der Waals surface area (Å²) in [6, 6.07) is 1.94. The first kappa shape index (κ1) is 23.2. The van der Waals surface area contributed by atoms with Gasteiger partial charge in [-0.25, -0.2) is 18.7 Å². The number of aliphatic hydroxyl groups excluding tert-OH is 1. The van der Waals surface area contributed by atoms with Gasteiger partial charge >= 0.3 is 6.18 Å². The second-order valence-electron chi connectivity index (χ2n) is 7.71. The average Bonchev–Trinajstić information content (AvgIpc) is 3.56. The molecule has 2 heterocycles. The van der Waals surface area contributed by atoms with Gasteiger partial charge in [0, 0.05) is 23.9 Å². The van der Waals surface area contributed by atoms with Gasteiger partial charge in [-0.15, -0.1) is 0 Å². The zero-order chi connectivity index (χ0) is 23.8. The Morgan fingerprint density at radius 2 is 1.88 bits per heavy atom. The molecule has 0 spiro atoms. The Morgan fingerprint density at radius 1 is 1.15 bits per heavy atom. The summed E-state index contributed by atoms with van der Waals surface area (Å²) in [5.74, 6) is -5.67. The summed E-state index contributed by atoms with van der Waals surface area (Å²) in [6.07, 6.45) is -5.77. The van der Waals surface area contributed by atoms with E-state index in [1.807, 2.05) is 0 Å². The van der Waals surface area contributed by atoms with E-state index in [2.05, 4.69) is 30.7 Å². The van der Waals surface area contributed by atoms with E-state index >= 15 is 0 Å². The Bertz CT molecular complexity index is 1060. The number of aliphatic hydroxyl groups is 1. The number of alkyl halides is 5. The van der Waals surface area contributed by atoms with Crippen molar-refractivity contribution in [3.05, 3.63) is 35.7 Å². The summed E-state index contributed by atoms with van der Waals surface area (Å²) in [5.41, 5.74) is 0.836. The number of halogens is 6. The van der Waals surface area contributed by atoms with Crippen LogP contribution in [-0.4, -0.2) is 43.7 Å². The highest BCUT2D eigenvalue weighted by atomic mass is 19.4. The van der Waals surface area contributed by atoms with E-state index in [4.69, 9.17) is 4.84 Å². The SMILES string of the molecule is OC1C(F)=C(c2nc(NOCC3CC3)nc(Nc3ccnc(C(F)(F)F)c3)n2)CCC1(F)F. The molecule has 1 saturated carbocycles. The first-order chi connectivity index (χ1) is 15.5. The Labute approximate surface area is 183 Å². The van der Waals surface area contributed by atoms with Gasteiger partial charge in [-0.2, -0.15) is 28.1 Å². The lowest BCUT2D eigenvalue weighted by Gasteiger charge is -2.27. The maximum atomic E-state index is 14.5. The second-order valence-corrected chi connectivity index (χ2v) is 7.71. The van der Waals surface area contributed by atoms with Gasteiger partial charge in [0.1, 0.15) is 11.5 Å². The summed E-state index contributed by atoms with van der Waals surface area (Å²) in [6.45, 7) is 0.338. The lowest BCUT2D eigenvalue weighted by molar-refractivity contribution is -0.141. The summed E-state index contributed by atoms with van der Waals surface area (Å²) in [5, 5.41) is 12.1. The molecule has 2 aliphatic carbocycles. The van der Waals surface area contributed by atoms with Gasteiger partial charge in [-0.05, 0) is 37.3 Å². The molecule has 2 aromatic heterocycles. The van der Waals surface area contributed by atoms with Gasteiger partial charge in [0.2, 0.25) is 5.95 Å². The van der Waals surface area contributed by atoms with Gasteiger partial charge in [0.15, 0.2) is 11.9 Å². The molecule has 3 N–H and O–H groups in total. The van der Waals surface area contributed by atoms with Crippen LogP contribution in [0.1, 0.15) is 37.2 Å². The first-order valence-corrected chi connectivity index (χ1v) is 9.92. The Kier molecular flexibility index (Phi) is 6.14. The maximum Gasteiger partial charge on any atom is 0.433 e. The number of aromatic nitrogens is 4. The molecular weight excluding hydrogens is 458 g/mol. The normalized spacial score (nSPS) is 20.6. The molecular formula is C19H18F6N6O2. The van der Waals surface area contributed by atoms with Crippen LogP contribution in [0.15, 0.2) is 24.2 Å². The van der Waals surface area contributed by atoms with Gasteiger partial charge in [-0.1, -0.05) is 0 Å². The van der Waals surface area contributed by atoms with Gasteiger partial charge in [0.05, 0.1) is 6.61 Å². The van der Waals surface area contributed by atoms with E-state index in [-0.39, 0.29) is 29.0 Å². The smallest absolute Gasteiger partial charge is 0.380 e. The average molecular weight is 476 g/mol. The number of hydrogen-bond acceptors (Lipinski definition) is 8. The highest BCUT2D eigenvalue weighted by Gasteiger charge is 2.46. The predicted molar refractivity (Wildman–Crippen MR) is 103 cm³/mol. The Balaban J connectivity index is 1.65. The fourth-order valence-electron chi connectivity index (χ4n) is 3.03. The van der Waals surface area contributed by atoms with E-state index in [9.17, 15) is 31.4 Å². The van der Waals surface area contributed by atoms with Crippen LogP contribution in [0.3, 0.4) is 0 Å². The summed E-state index contributed by atoms with van der Waals surface area (Å²) >= 11 is 0. The zero-order valence-corrected chi connectivity index (χ0v) is 16.8. The molecule has 14 heteroatoms. The maximum absolute atomic E-state index is 14.5. The summed E-state index contributed by atoms with van der Waals surface area (Å²) in [7, 11) is 0. The van der Waals surface area contributed by atoms with Crippen molar-refractivity contribution in [2.24, 2.45) is 5.92 Å². The van der Waals surface area contributed by atoms with Crippen LogP contribution in [0.25, 0.3) is 5.57 Å². The minimum Gasteiger partial charge on any atom is -0.380 e. The van der Waals surface area contributed by atoms with Crippen LogP contribution in [-0.2, 0) is 11.0 Å². The molecule has 0 amide bonds. The number of hydrogen-bond donors (Lipinski definition) is 3. The van der Waals surface area contributed by atoms with Crippen LogP contribution in [0.4, 0.5) is 43.9 Å². The van der Waals surface area contributed by atoms with Crippen LogP contribution >= 0.6 is 0 Å². The third-order valence-electron chi connectivity index (χ3n) is 5.03. The molecule has 0 aliphatic heterocycles. The van der Waals surface area contributed by atoms with Gasteiger partial charge in [-0.3, -0.25) is 9.82 Å². The fourth-order valence-corrected chi connectivity index (χ4v) is 3.03. The zero-order valence-electron chi connectivity index (χ0n) is 16.8. The summed E-state index contributed by atoms with van der Waals surface area (Å²) in [4.78, 5) is 20.4. The molecule has 2 aromatic rings. The van der Waals surface area contributed by atoms with Gasteiger partial charge < -0.3 is 10.4 Å². The van der Waals surface area contributed by atoms with E-state index in [1.165, 1.54) is 6.07 Å². The van der Waals surface area contributed by atoms with Crippen molar-refractivity contribution in [1.82, 2.24) is 19.9 Å². The molecule has 1 unspecified atom stereocenters. The number of anilines is 3. The van der Waals surface area contributed by atoms with Crippen molar-refractivity contribution >= 4 is 23.2 Å². The lowest BCUT2D eigenvalue weighted by atomic mass is 9.92. The highest BCUT2D eigenvalue weighted by molar-refractivity contribution is 5.66. The molecule has 0 radical (unpaired) electrons. The second kappa shape index (κ2) is 8.74. The fraction of sp³-hybridized carbons (Fsp3) is 0.474. The van der Waals surface area contributed by atoms with Crippen molar-refractivity contribution in [3.8, 4) is 0 Å². The molecule has 1 atom stereocenters. The minimum absolute atomic E-state index is 0.0796. The molecule has 1 fully saturated rings. The monoisotopic (exact) mass is 476 g/mol. The Morgan fingerprint density at radius 3 is 2.58 bits per heavy atom. The molecule has 33 heavy (non-hydrogen) atoms. The topological polar surface area (TPSA) is 105 Å². The molecule has 0 aromatic carbocycles. The van der Waals surface area contributed by atoms with Crippen molar-refractivity contribution in [1.29, 1.82) is 0 Å². The van der Waals surface area contributed by atoms with Crippen molar-refractivity contribution < 1.29 is 36.3 Å². The van der Waals surface area contributed by atoms with E-state index in [0.717, 1.165) is 19.0 Å². The number of nitrogens with one attached hydrogen (secondary N) is 2. The third kappa shape index (κ3) is 5.50. The molecule has 0 saturated heterocycles. The molecule has 4 rings (SSSR count). The number of pyridine rings is 1. The number of nitrogens with zero attached hydrogens (tertiary/aromatic N) is 4. The largest absolute Gasteiger partial charge is 0.433 e. The number of rotatable bonds is 7. The van der Waals surface area contributed by atoms with E-state index in [0.29, 0.717) is 18.6 Å². The number of allylic oxidation sites excluding steroid dienone is 1. The van der Waals surface area contributed by atoms with Crippen molar-refractivity contribution in [2.75, 3.05) is 17.4 Å². The van der Waals surface area contributed by atoms with Gasteiger partial charge in [0.25, 0.3) is 11.9 Å². The van der Waals surface area contributed by atoms with Crippen LogP contribution < -0.4 is 10.8 Å². The van der Waals surface area contributed by atoms with Crippen molar-refractivity contribution in [3.63, 3.8) is 0 Å². The highest BCUT2D eigenvalue weighted by Crippen LogP contribution is 2.41. The standard InChI is InChI=1S/C19H18F6N6O2/c20-13-11(3-5-18(21,22)14(13)32)15-28-16(30-17(29-15)31-33-8-9-1-2-9)27-10-4-6-26-12(7-10)19(23,24)25/h4,6-7,9,14,32H,1-3,5,8H2,(H2,26,27,28,29,30,31). The molecule has 0 bridgehead atoms. The van der Waals surface area contributed by atoms with Crippen molar-refractivity contribution in [2.45, 2.75) is 43.9 Å². The predicted octanol–water partition coefficient (Wildman–Crippen LogP) is 4.25.